The maximum absolute atomic E-state index is 12.2. The highest BCUT2D eigenvalue weighted by molar-refractivity contribution is 5.93. The van der Waals surface area contributed by atoms with Gasteiger partial charge in [-0.15, -0.1) is 0 Å². The molecule has 0 atom stereocenters. The molecule has 4 amide bonds. The standard InChI is InChI=1S/C13H21N5O4/c1-21-7-5-16-13(20)18(6-8-22-2)11-9-10(3-4-15-11)17-12(14)19/h3-4,9H,5-8H2,1-2H3,(H,16,20)(H3,14,15,17,19). The fourth-order valence-corrected chi connectivity index (χ4v) is 1.64. The van der Waals surface area contributed by atoms with Crippen LogP contribution in [-0.2, 0) is 9.47 Å². The summed E-state index contributed by atoms with van der Waals surface area (Å²) < 4.78 is 9.89. The lowest BCUT2D eigenvalue weighted by atomic mass is 10.3. The van der Waals surface area contributed by atoms with Crippen molar-refractivity contribution < 1.29 is 19.1 Å². The third kappa shape index (κ3) is 5.94. The van der Waals surface area contributed by atoms with Gasteiger partial charge in [0.25, 0.3) is 0 Å². The van der Waals surface area contributed by atoms with E-state index >= 15 is 0 Å². The molecular weight excluding hydrogens is 290 g/mol. The van der Waals surface area contributed by atoms with Crippen LogP contribution in [-0.4, -0.2) is 57.6 Å². The molecule has 122 valence electrons. The summed E-state index contributed by atoms with van der Waals surface area (Å²) in [5.41, 5.74) is 5.52. The van der Waals surface area contributed by atoms with Gasteiger partial charge in [0.2, 0.25) is 0 Å². The number of anilines is 2. The molecule has 4 N–H and O–H groups in total. The zero-order valence-corrected chi connectivity index (χ0v) is 12.7. The molecule has 1 aromatic heterocycles. The molecule has 0 fully saturated rings. The average molecular weight is 311 g/mol. The van der Waals surface area contributed by atoms with Gasteiger partial charge in [-0.1, -0.05) is 0 Å². The summed E-state index contributed by atoms with van der Waals surface area (Å²) >= 11 is 0. The summed E-state index contributed by atoms with van der Waals surface area (Å²) in [6.45, 7) is 1.42. The second kappa shape index (κ2) is 9.53. The molecule has 1 aromatic rings. The summed E-state index contributed by atoms with van der Waals surface area (Å²) in [6.07, 6.45) is 1.48. The zero-order valence-electron chi connectivity index (χ0n) is 12.7. The minimum atomic E-state index is -0.690. The Morgan fingerprint density at radius 3 is 2.68 bits per heavy atom. The molecule has 9 heteroatoms. The molecule has 0 bridgehead atoms. The smallest absolute Gasteiger partial charge is 0.323 e. The maximum atomic E-state index is 12.2. The number of amides is 4. The van der Waals surface area contributed by atoms with E-state index in [1.807, 2.05) is 0 Å². The molecule has 0 aliphatic rings. The van der Waals surface area contributed by atoms with Crippen molar-refractivity contribution in [1.82, 2.24) is 10.3 Å². The second-order valence-electron chi connectivity index (χ2n) is 4.26. The summed E-state index contributed by atoms with van der Waals surface area (Å²) in [4.78, 5) is 28.6. The first-order valence-corrected chi connectivity index (χ1v) is 6.64. The molecule has 0 aromatic carbocycles. The van der Waals surface area contributed by atoms with Crippen LogP contribution in [0, 0.1) is 0 Å². The number of carbonyl (C=O) groups is 2. The number of primary amides is 1. The van der Waals surface area contributed by atoms with Gasteiger partial charge >= 0.3 is 12.1 Å². The van der Waals surface area contributed by atoms with Gasteiger partial charge < -0.3 is 25.8 Å². The molecular formula is C13H21N5O4. The molecule has 0 aliphatic carbocycles. The number of aromatic nitrogens is 1. The average Bonchev–Trinajstić information content (AvgIpc) is 2.47. The number of methoxy groups -OCH3 is 2. The Balaban J connectivity index is 2.85. The van der Waals surface area contributed by atoms with E-state index in [1.54, 1.807) is 26.4 Å². The van der Waals surface area contributed by atoms with E-state index in [2.05, 4.69) is 15.6 Å². The Hall–Kier alpha value is -2.39. The number of pyridine rings is 1. The first-order chi connectivity index (χ1) is 10.6. The van der Waals surface area contributed by atoms with Crippen LogP contribution in [0.1, 0.15) is 0 Å². The number of nitrogens with one attached hydrogen (secondary N) is 2. The van der Waals surface area contributed by atoms with Crippen molar-refractivity contribution in [3.05, 3.63) is 18.3 Å². The van der Waals surface area contributed by atoms with E-state index in [1.165, 1.54) is 11.1 Å². The third-order valence-electron chi connectivity index (χ3n) is 2.64. The Labute approximate surface area is 128 Å². The lowest BCUT2D eigenvalue weighted by Gasteiger charge is -2.22. The van der Waals surface area contributed by atoms with Crippen LogP contribution in [0.3, 0.4) is 0 Å². The van der Waals surface area contributed by atoms with Crippen molar-refractivity contribution in [2.75, 3.05) is 50.7 Å². The van der Waals surface area contributed by atoms with Gasteiger partial charge in [-0.3, -0.25) is 4.90 Å². The molecule has 9 nitrogen and oxygen atoms in total. The molecule has 0 unspecified atom stereocenters. The Morgan fingerprint density at radius 2 is 2.05 bits per heavy atom. The van der Waals surface area contributed by atoms with Crippen molar-refractivity contribution >= 4 is 23.6 Å². The molecule has 0 saturated carbocycles. The lowest BCUT2D eigenvalue weighted by molar-refractivity contribution is 0.193. The van der Waals surface area contributed by atoms with Crippen molar-refractivity contribution in [3.63, 3.8) is 0 Å². The summed E-state index contributed by atoms with van der Waals surface area (Å²) in [6, 6.07) is 2.10. The largest absolute Gasteiger partial charge is 0.383 e. The first-order valence-electron chi connectivity index (χ1n) is 6.64. The summed E-state index contributed by atoms with van der Waals surface area (Å²) in [7, 11) is 3.09. The SMILES string of the molecule is COCCNC(=O)N(CCOC)c1cc(NC(N)=O)ccn1. The number of rotatable bonds is 8. The van der Waals surface area contributed by atoms with Gasteiger partial charge in [0.15, 0.2) is 0 Å². The van der Waals surface area contributed by atoms with Gasteiger partial charge in [0.1, 0.15) is 5.82 Å². The van der Waals surface area contributed by atoms with Crippen LogP contribution in [0.15, 0.2) is 18.3 Å². The Kier molecular flexibility index (Phi) is 7.65. The van der Waals surface area contributed by atoms with E-state index in [4.69, 9.17) is 15.2 Å². The number of carbonyl (C=O) groups excluding carboxylic acids is 2. The number of urea groups is 2. The molecule has 0 radical (unpaired) electrons. The Bertz CT molecular complexity index is 497. The number of ether oxygens (including phenoxy) is 2. The minimum absolute atomic E-state index is 0.308. The van der Waals surface area contributed by atoms with Gasteiger partial charge in [0, 0.05) is 38.7 Å². The van der Waals surface area contributed by atoms with Gasteiger partial charge in [-0.2, -0.15) is 0 Å². The van der Waals surface area contributed by atoms with Gasteiger partial charge in [0.05, 0.1) is 19.8 Å². The Morgan fingerprint density at radius 1 is 1.32 bits per heavy atom. The number of hydrogen-bond acceptors (Lipinski definition) is 5. The summed E-state index contributed by atoms with van der Waals surface area (Å²) in [5, 5.41) is 5.14. The quantitative estimate of drug-likeness (QED) is 0.600. The molecule has 1 rings (SSSR count). The lowest BCUT2D eigenvalue weighted by Crippen LogP contribution is -2.43. The van der Waals surface area contributed by atoms with Crippen LogP contribution in [0.4, 0.5) is 21.1 Å². The van der Waals surface area contributed by atoms with Crippen molar-refractivity contribution in [3.8, 4) is 0 Å². The minimum Gasteiger partial charge on any atom is -0.383 e. The molecule has 0 saturated heterocycles. The fraction of sp³-hybridized carbons (Fsp3) is 0.462. The van der Waals surface area contributed by atoms with Crippen LogP contribution < -0.4 is 21.3 Å². The van der Waals surface area contributed by atoms with Crippen molar-refractivity contribution in [1.29, 1.82) is 0 Å². The van der Waals surface area contributed by atoms with Crippen molar-refractivity contribution in [2.45, 2.75) is 0 Å². The fourth-order valence-electron chi connectivity index (χ4n) is 1.64. The molecule has 0 spiro atoms. The van der Waals surface area contributed by atoms with Gasteiger partial charge in [-0.05, 0) is 6.07 Å². The second-order valence-corrected chi connectivity index (χ2v) is 4.26. The third-order valence-corrected chi connectivity index (χ3v) is 2.64. The first kappa shape index (κ1) is 17.7. The number of nitrogens with two attached hydrogens (primary N) is 1. The molecule has 0 aliphatic heterocycles. The number of hydrogen-bond donors (Lipinski definition) is 3. The number of nitrogens with zero attached hydrogens (tertiary/aromatic N) is 2. The van der Waals surface area contributed by atoms with E-state index < -0.39 is 6.03 Å². The monoisotopic (exact) mass is 311 g/mol. The van der Waals surface area contributed by atoms with Crippen LogP contribution in [0.2, 0.25) is 0 Å². The highest BCUT2D eigenvalue weighted by atomic mass is 16.5. The summed E-state index contributed by atoms with van der Waals surface area (Å²) in [5.74, 6) is 0.373. The van der Waals surface area contributed by atoms with E-state index in [0.29, 0.717) is 37.8 Å². The van der Waals surface area contributed by atoms with E-state index in [0.717, 1.165) is 0 Å². The highest BCUT2D eigenvalue weighted by Crippen LogP contribution is 2.16. The zero-order chi connectivity index (χ0) is 16.4. The van der Waals surface area contributed by atoms with Crippen LogP contribution in [0.25, 0.3) is 0 Å². The predicted molar refractivity (Wildman–Crippen MR) is 81.9 cm³/mol. The molecule has 1 heterocycles. The van der Waals surface area contributed by atoms with E-state index in [9.17, 15) is 9.59 Å². The maximum Gasteiger partial charge on any atom is 0.323 e. The van der Waals surface area contributed by atoms with Crippen LogP contribution >= 0.6 is 0 Å². The molecule has 22 heavy (non-hydrogen) atoms. The van der Waals surface area contributed by atoms with E-state index in [-0.39, 0.29) is 6.03 Å². The predicted octanol–water partition coefficient (Wildman–Crippen LogP) is 0.381. The van der Waals surface area contributed by atoms with Crippen molar-refractivity contribution in [2.24, 2.45) is 5.73 Å². The highest BCUT2D eigenvalue weighted by Gasteiger charge is 2.17. The van der Waals surface area contributed by atoms with Crippen LogP contribution in [0.5, 0.6) is 0 Å². The normalized spacial score (nSPS) is 10.1. The van der Waals surface area contributed by atoms with Gasteiger partial charge in [-0.25, -0.2) is 14.6 Å². The topological polar surface area (TPSA) is 119 Å².